The van der Waals surface area contributed by atoms with Crippen LogP contribution in [0.3, 0.4) is 0 Å². The van der Waals surface area contributed by atoms with Crippen LogP contribution in [0.15, 0.2) is 64.6 Å². The predicted molar refractivity (Wildman–Crippen MR) is 125 cm³/mol. The minimum absolute atomic E-state index is 0.210. The molecular weight excluding hydrogens is 439 g/mol. The number of carbonyl (C=O) groups excluding carboxylic acids is 3. The molecule has 0 spiro atoms. The van der Waals surface area contributed by atoms with E-state index in [9.17, 15) is 18.8 Å². The summed E-state index contributed by atoms with van der Waals surface area (Å²) in [5.74, 6) is -1.25. The standard InChI is InChI=1S/C26H23FN2O5/c1-28-26(32)23-20-13-17(8-11-21(20)34-24(23)15-6-9-19(27)10-7-15)16-4-3-5-18(12-16)25(31)29-14-22(30)33-2/h5-13H,3-4,14H2,1-2H3,(H,28,32)(H,29,31). The van der Waals surface area contributed by atoms with E-state index in [-0.39, 0.29) is 24.2 Å². The van der Waals surface area contributed by atoms with Crippen molar-refractivity contribution in [2.75, 3.05) is 20.7 Å². The Labute approximate surface area is 195 Å². The van der Waals surface area contributed by atoms with E-state index >= 15 is 0 Å². The van der Waals surface area contributed by atoms with Crippen molar-refractivity contribution in [3.63, 3.8) is 0 Å². The first-order valence-electron chi connectivity index (χ1n) is 10.7. The van der Waals surface area contributed by atoms with Crippen molar-refractivity contribution < 1.29 is 27.9 Å². The van der Waals surface area contributed by atoms with Gasteiger partial charge in [-0.05, 0) is 66.5 Å². The molecule has 1 aromatic heterocycles. The lowest BCUT2D eigenvalue weighted by Crippen LogP contribution is -2.31. The number of methoxy groups -OCH3 is 1. The first-order valence-corrected chi connectivity index (χ1v) is 10.7. The van der Waals surface area contributed by atoms with E-state index in [2.05, 4.69) is 15.4 Å². The number of ether oxygens (including phenoxy) is 1. The van der Waals surface area contributed by atoms with Crippen molar-refractivity contribution in [1.29, 1.82) is 0 Å². The summed E-state index contributed by atoms with van der Waals surface area (Å²) < 4.78 is 24.0. The molecule has 1 heterocycles. The smallest absolute Gasteiger partial charge is 0.325 e. The molecule has 0 saturated carbocycles. The predicted octanol–water partition coefficient (Wildman–Crippen LogP) is 3.99. The average molecular weight is 462 g/mol. The molecule has 1 aliphatic rings. The van der Waals surface area contributed by atoms with E-state index in [1.165, 1.54) is 26.3 Å². The number of furan rings is 1. The van der Waals surface area contributed by atoms with E-state index < -0.39 is 5.97 Å². The quantitative estimate of drug-likeness (QED) is 0.540. The number of hydrogen-bond donors (Lipinski definition) is 2. The Morgan fingerprint density at radius 2 is 1.79 bits per heavy atom. The van der Waals surface area contributed by atoms with Crippen LogP contribution in [-0.4, -0.2) is 38.5 Å². The molecule has 3 aromatic rings. The third-order valence-electron chi connectivity index (χ3n) is 5.61. The van der Waals surface area contributed by atoms with Crippen LogP contribution in [0.25, 0.3) is 27.9 Å². The number of esters is 1. The Bertz CT molecular complexity index is 1340. The lowest BCUT2D eigenvalue weighted by molar-refractivity contribution is -0.140. The zero-order chi connectivity index (χ0) is 24.2. The highest BCUT2D eigenvalue weighted by Crippen LogP contribution is 2.36. The summed E-state index contributed by atoms with van der Waals surface area (Å²) in [6.07, 6.45) is 4.95. The molecule has 1 aliphatic carbocycles. The van der Waals surface area contributed by atoms with Gasteiger partial charge in [-0.1, -0.05) is 12.1 Å². The summed E-state index contributed by atoms with van der Waals surface area (Å²) in [7, 11) is 2.79. The Balaban J connectivity index is 1.72. The first-order chi connectivity index (χ1) is 16.4. The fourth-order valence-electron chi connectivity index (χ4n) is 3.87. The lowest BCUT2D eigenvalue weighted by atomic mass is 9.92. The Morgan fingerprint density at radius 3 is 2.50 bits per heavy atom. The summed E-state index contributed by atoms with van der Waals surface area (Å²) >= 11 is 0. The number of nitrogens with one attached hydrogen (secondary N) is 2. The number of allylic oxidation sites excluding steroid dienone is 2. The van der Waals surface area contributed by atoms with Crippen LogP contribution >= 0.6 is 0 Å². The molecule has 0 radical (unpaired) electrons. The molecular formula is C26H23FN2O5. The monoisotopic (exact) mass is 462 g/mol. The normalized spacial score (nSPS) is 13.1. The highest BCUT2D eigenvalue weighted by atomic mass is 19.1. The number of fused-ring (bicyclic) bond motifs is 1. The van der Waals surface area contributed by atoms with Crippen LogP contribution in [0.1, 0.15) is 28.8 Å². The molecule has 0 fully saturated rings. The van der Waals surface area contributed by atoms with E-state index in [1.54, 1.807) is 24.3 Å². The SMILES string of the molecule is CNC(=O)c1c(-c2ccc(F)cc2)oc2ccc(C3=CC(C(=O)NCC(=O)OC)=CCC3)cc12. The summed E-state index contributed by atoms with van der Waals surface area (Å²) in [6.45, 7) is -0.210. The molecule has 4 rings (SSSR count). The molecule has 2 N–H and O–H groups in total. The lowest BCUT2D eigenvalue weighted by Gasteiger charge is -2.14. The van der Waals surface area contributed by atoms with Gasteiger partial charge in [0.25, 0.3) is 11.8 Å². The van der Waals surface area contributed by atoms with Crippen LogP contribution in [0.2, 0.25) is 0 Å². The van der Waals surface area contributed by atoms with Gasteiger partial charge in [0.15, 0.2) is 0 Å². The molecule has 0 aliphatic heterocycles. The van der Waals surface area contributed by atoms with Crippen molar-refractivity contribution in [2.45, 2.75) is 12.8 Å². The van der Waals surface area contributed by atoms with Gasteiger partial charge in [-0.3, -0.25) is 14.4 Å². The zero-order valence-electron chi connectivity index (χ0n) is 18.7. The van der Waals surface area contributed by atoms with Gasteiger partial charge in [-0.25, -0.2) is 4.39 Å². The molecule has 7 nitrogen and oxygen atoms in total. The molecule has 174 valence electrons. The van der Waals surface area contributed by atoms with E-state index in [4.69, 9.17) is 4.42 Å². The summed E-state index contributed by atoms with van der Waals surface area (Å²) in [4.78, 5) is 36.5. The van der Waals surface area contributed by atoms with Gasteiger partial charge >= 0.3 is 5.97 Å². The third kappa shape index (κ3) is 4.61. The maximum atomic E-state index is 13.4. The molecule has 0 atom stereocenters. The number of halogens is 1. The second-order valence-electron chi connectivity index (χ2n) is 7.73. The van der Waals surface area contributed by atoms with E-state index in [1.807, 2.05) is 18.2 Å². The first kappa shape index (κ1) is 23.0. The van der Waals surface area contributed by atoms with E-state index in [0.717, 1.165) is 11.1 Å². The third-order valence-corrected chi connectivity index (χ3v) is 5.61. The van der Waals surface area contributed by atoms with Gasteiger partial charge < -0.3 is 19.8 Å². The highest BCUT2D eigenvalue weighted by Gasteiger charge is 2.23. The highest BCUT2D eigenvalue weighted by molar-refractivity contribution is 6.11. The second kappa shape index (κ2) is 9.74. The summed E-state index contributed by atoms with van der Waals surface area (Å²) in [6, 6.07) is 11.3. The van der Waals surface area contributed by atoms with Crippen molar-refractivity contribution in [2.24, 2.45) is 0 Å². The van der Waals surface area contributed by atoms with Gasteiger partial charge in [-0.15, -0.1) is 0 Å². The van der Waals surface area contributed by atoms with Crippen molar-refractivity contribution in [3.05, 3.63) is 77.1 Å². The zero-order valence-corrected chi connectivity index (χ0v) is 18.7. The van der Waals surface area contributed by atoms with Crippen LogP contribution in [0.4, 0.5) is 4.39 Å². The van der Waals surface area contributed by atoms with Crippen molar-refractivity contribution in [1.82, 2.24) is 10.6 Å². The van der Waals surface area contributed by atoms with Crippen molar-refractivity contribution >= 4 is 34.3 Å². The topological polar surface area (TPSA) is 97.6 Å². The van der Waals surface area contributed by atoms with Crippen LogP contribution in [0.5, 0.6) is 0 Å². The minimum atomic E-state index is -0.530. The Hall–Kier alpha value is -4.20. The molecule has 0 unspecified atom stereocenters. The van der Waals surface area contributed by atoms with Gasteiger partial charge in [-0.2, -0.15) is 0 Å². The maximum Gasteiger partial charge on any atom is 0.325 e. The van der Waals surface area contributed by atoms with E-state index in [0.29, 0.717) is 46.3 Å². The molecule has 2 amide bonds. The van der Waals surface area contributed by atoms with Crippen LogP contribution in [-0.2, 0) is 14.3 Å². The van der Waals surface area contributed by atoms with Gasteiger partial charge in [0.2, 0.25) is 0 Å². The van der Waals surface area contributed by atoms with Crippen molar-refractivity contribution in [3.8, 4) is 11.3 Å². The number of hydrogen-bond acceptors (Lipinski definition) is 5. The number of amides is 2. The number of benzene rings is 2. The minimum Gasteiger partial charge on any atom is -0.468 e. The molecule has 8 heteroatoms. The summed E-state index contributed by atoms with van der Waals surface area (Å²) in [5.41, 5.74) is 3.67. The largest absolute Gasteiger partial charge is 0.468 e. The molecule has 2 aromatic carbocycles. The van der Waals surface area contributed by atoms with Crippen LogP contribution in [0, 0.1) is 5.82 Å². The van der Waals surface area contributed by atoms with Crippen LogP contribution < -0.4 is 10.6 Å². The molecule has 0 bridgehead atoms. The molecule has 0 saturated heterocycles. The Kier molecular flexibility index (Phi) is 6.58. The van der Waals surface area contributed by atoms with Gasteiger partial charge in [0.05, 0.1) is 12.7 Å². The van der Waals surface area contributed by atoms with Gasteiger partial charge in [0, 0.05) is 23.6 Å². The average Bonchev–Trinajstić information content (AvgIpc) is 3.25. The Morgan fingerprint density at radius 1 is 1.06 bits per heavy atom. The fraction of sp³-hybridized carbons (Fsp3) is 0.192. The molecule has 34 heavy (non-hydrogen) atoms. The van der Waals surface area contributed by atoms with Gasteiger partial charge in [0.1, 0.15) is 23.7 Å². The number of rotatable bonds is 6. The maximum absolute atomic E-state index is 13.4. The fourth-order valence-corrected chi connectivity index (χ4v) is 3.87. The number of carbonyl (C=O) groups is 3. The second-order valence-corrected chi connectivity index (χ2v) is 7.73. The summed E-state index contributed by atoms with van der Waals surface area (Å²) in [5, 5.41) is 5.80.